The number of benzene rings is 2. The van der Waals surface area contributed by atoms with Gasteiger partial charge in [-0.3, -0.25) is 9.10 Å². The Morgan fingerprint density at radius 1 is 1.27 bits per heavy atom. The lowest BCUT2D eigenvalue weighted by Gasteiger charge is -2.30. The number of carbonyl (C=O) groups excluding carboxylic acids is 1. The number of anilines is 2. The first-order chi connectivity index (χ1) is 12.1. The van der Waals surface area contributed by atoms with Crippen LogP contribution in [0.4, 0.5) is 15.8 Å². The monoisotopic (exact) mass is 398 g/mol. The largest absolute Gasteiger partial charge is 0.324 e. The van der Waals surface area contributed by atoms with Crippen molar-refractivity contribution in [2.45, 2.75) is 26.3 Å². The molecule has 140 valence electrons. The standard InChI is InChI=1S/C18H20ClFN2O3S/c1-4-16(18(23)21-15-10-9-13(19)11-12(15)2)22(26(3,24)25)17-8-6-5-7-14(17)20/h5-11,16H,4H2,1-3H3,(H,21,23)/t16-/m1/s1. The highest BCUT2D eigenvalue weighted by Crippen LogP contribution is 2.27. The molecule has 0 radical (unpaired) electrons. The van der Waals surface area contributed by atoms with Gasteiger partial charge >= 0.3 is 0 Å². The summed E-state index contributed by atoms with van der Waals surface area (Å²) in [7, 11) is -3.89. The lowest BCUT2D eigenvalue weighted by Crippen LogP contribution is -2.47. The summed E-state index contributed by atoms with van der Waals surface area (Å²) in [6, 6.07) is 9.30. The number of para-hydroxylation sites is 1. The Kier molecular flexibility index (Phi) is 6.26. The fourth-order valence-corrected chi connectivity index (χ4v) is 4.09. The van der Waals surface area contributed by atoms with Gasteiger partial charge in [0, 0.05) is 10.7 Å². The summed E-state index contributed by atoms with van der Waals surface area (Å²) in [5, 5.41) is 3.23. The molecule has 26 heavy (non-hydrogen) atoms. The van der Waals surface area contributed by atoms with Crippen molar-refractivity contribution < 1.29 is 17.6 Å². The quantitative estimate of drug-likeness (QED) is 0.800. The molecule has 0 bridgehead atoms. The molecule has 2 rings (SSSR count). The first-order valence-corrected chi connectivity index (χ1v) is 10.2. The van der Waals surface area contributed by atoms with Gasteiger partial charge in [0.1, 0.15) is 11.9 Å². The average molecular weight is 399 g/mol. The predicted molar refractivity (Wildman–Crippen MR) is 103 cm³/mol. The molecular formula is C18H20ClFN2O3S. The van der Waals surface area contributed by atoms with Gasteiger partial charge in [-0.1, -0.05) is 30.7 Å². The van der Waals surface area contributed by atoms with Gasteiger partial charge in [0.2, 0.25) is 15.9 Å². The molecule has 8 heteroatoms. The first-order valence-electron chi connectivity index (χ1n) is 7.96. The van der Waals surface area contributed by atoms with Crippen LogP contribution in [-0.2, 0) is 14.8 Å². The highest BCUT2D eigenvalue weighted by Gasteiger charge is 2.33. The fraction of sp³-hybridized carbons (Fsp3) is 0.278. The second-order valence-corrected chi connectivity index (χ2v) is 8.18. The summed E-state index contributed by atoms with van der Waals surface area (Å²) < 4.78 is 39.7. The van der Waals surface area contributed by atoms with Gasteiger partial charge in [-0.2, -0.15) is 0 Å². The maximum absolute atomic E-state index is 14.2. The van der Waals surface area contributed by atoms with E-state index in [2.05, 4.69) is 5.32 Å². The molecule has 0 aromatic heterocycles. The van der Waals surface area contributed by atoms with E-state index in [9.17, 15) is 17.6 Å². The number of nitrogens with one attached hydrogen (secondary N) is 1. The lowest BCUT2D eigenvalue weighted by molar-refractivity contribution is -0.117. The van der Waals surface area contributed by atoms with E-state index in [0.29, 0.717) is 10.7 Å². The van der Waals surface area contributed by atoms with Gasteiger partial charge in [-0.05, 0) is 49.2 Å². The molecule has 5 nitrogen and oxygen atoms in total. The van der Waals surface area contributed by atoms with Gasteiger partial charge in [-0.25, -0.2) is 12.8 Å². The van der Waals surface area contributed by atoms with Gasteiger partial charge < -0.3 is 5.32 Å². The Bertz CT molecular complexity index is 918. The lowest BCUT2D eigenvalue weighted by atomic mass is 10.1. The number of hydrogen-bond acceptors (Lipinski definition) is 3. The maximum Gasteiger partial charge on any atom is 0.248 e. The minimum absolute atomic E-state index is 0.162. The summed E-state index contributed by atoms with van der Waals surface area (Å²) in [6.07, 6.45) is 1.11. The Hall–Kier alpha value is -2.12. The molecular weight excluding hydrogens is 379 g/mol. The number of hydrogen-bond donors (Lipinski definition) is 1. The molecule has 1 atom stereocenters. The number of rotatable bonds is 6. The Morgan fingerprint density at radius 3 is 2.46 bits per heavy atom. The minimum atomic E-state index is -3.89. The van der Waals surface area contributed by atoms with Crippen LogP contribution in [0.1, 0.15) is 18.9 Å². The van der Waals surface area contributed by atoms with Crippen molar-refractivity contribution in [3.63, 3.8) is 0 Å². The zero-order valence-electron chi connectivity index (χ0n) is 14.7. The molecule has 0 unspecified atom stereocenters. The SMILES string of the molecule is CC[C@H](C(=O)Nc1ccc(Cl)cc1C)N(c1ccccc1F)S(C)(=O)=O. The Balaban J connectivity index is 2.42. The van der Waals surface area contributed by atoms with E-state index in [0.717, 1.165) is 22.2 Å². The predicted octanol–water partition coefficient (Wildman–Crippen LogP) is 3.97. The second kappa shape index (κ2) is 8.05. The molecule has 0 aliphatic rings. The van der Waals surface area contributed by atoms with Crippen LogP contribution < -0.4 is 9.62 Å². The van der Waals surface area contributed by atoms with E-state index in [-0.39, 0.29) is 12.1 Å². The first kappa shape index (κ1) is 20.2. The van der Waals surface area contributed by atoms with Crippen molar-refractivity contribution in [3.8, 4) is 0 Å². The highest BCUT2D eigenvalue weighted by atomic mass is 35.5. The molecule has 1 N–H and O–H groups in total. The Morgan fingerprint density at radius 2 is 1.92 bits per heavy atom. The zero-order valence-corrected chi connectivity index (χ0v) is 16.2. The molecule has 0 saturated heterocycles. The topological polar surface area (TPSA) is 66.5 Å². The molecule has 2 aromatic carbocycles. The molecule has 0 aliphatic carbocycles. The number of nitrogens with zero attached hydrogens (tertiary/aromatic N) is 1. The van der Waals surface area contributed by atoms with E-state index in [4.69, 9.17) is 11.6 Å². The van der Waals surface area contributed by atoms with Gasteiger partial charge in [0.05, 0.1) is 11.9 Å². The maximum atomic E-state index is 14.2. The van der Waals surface area contributed by atoms with Crippen molar-refractivity contribution in [2.24, 2.45) is 0 Å². The third-order valence-electron chi connectivity index (χ3n) is 3.87. The summed E-state index contributed by atoms with van der Waals surface area (Å²) in [5.74, 6) is -1.27. The van der Waals surface area contributed by atoms with Crippen LogP contribution in [0.15, 0.2) is 42.5 Å². The van der Waals surface area contributed by atoms with Crippen LogP contribution >= 0.6 is 11.6 Å². The normalized spacial score (nSPS) is 12.5. The van der Waals surface area contributed by atoms with Gasteiger partial charge in [0.15, 0.2) is 0 Å². The van der Waals surface area contributed by atoms with E-state index < -0.39 is 27.8 Å². The number of aryl methyl sites for hydroxylation is 1. The van der Waals surface area contributed by atoms with E-state index in [1.165, 1.54) is 18.2 Å². The number of amides is 1. The van der Waals surface area contributed by atoms with E-state index in [1.54, 1.807) is 32.0 Å². The summed E-state index contributed by atoms with van der Waals surface area (Å²) in [5.41, 5.74) is 1.09. The molecule has 0 fully saturated rings. The molecule has 2 aromatic rings. The zero-order chi connectivity index (χ0) is 19.5. The Labute approximate surface area is 157 Å². The second-order valence-electron chi connectivity index (χ2n) is 5.88. The van der Waals surface area contributed by atoms with Crippen LogP contribution in [0.25, 0.3) is 0 Å². The van der Waals surface area contributed by atoms with Crippen molar-refractivity contribution in [1.82, 2.24) is 0 Å². The summed E-state index contributed by atoms with van der Waals surface area (Å²) >= 11 is 5.91. The molecule has 0 spiro atoms. The molecule has 0 heterocycles. The van der Waals surface area contributed by atoms with Crippen LogP contribution in [-0.4, -0.2) is 26.6 Å². The van der Waals surface area contributed by atoms with Crippen LogP contribution in [0.5, 0.6) is 0 Å². The van der Waals surface area contributed by atoms with Crippen molar-refractivity contribution in [3.05, 3.63) is 58.9 Å². The van der Waals surface area contributed by atoms with Crippen LogP contribution in [0.3, 0.4) is 0 Å². The summed E-state index contributed by atoms with van der Waals surface area (Å²) in [4.78, 5) is 12.8. The van der Waals surface area contributed by atoms with Gasteiger partial charge in [-0.15, -0.1) is 0 Å². The van der Waals surface area contributed by atoms with Crippen molar-refractivity contribution in [2.75, 3.05) is 15.9 Å². The number of sulfonamides is 1. The van der Waals surface area contributed by atoms with Crippen LogP contribution in [0, 0.1) is 12.7 Å². The van der Waals surface area contributed by atoms with Crippen molar-refractivity contribution >= 4 is 38.9 Å². The average Bonchev–Trinajstić information content (AvgIpc) is 2.55. The van der Waals surface area contributed by atoms with Crippen molar-refractivity contribution in [1.29, 1.82) is 0 Å². The number of carbonyl (C=O) groups is 1. The van der Waals surface area contributed by atoms with E-state index in [1.807, 2.05) is 0 Å². The van der Waals surface area contributed by atoms with Gasteiger partial charge in [0.25, 0.3) is 0 Å². The molecule has 0 saturated carbocycles. The summed E-state index contributed by atoms with van der Waals surface area (Å²) in [6.45, 7) is 3.44. The minimum Gasteiger partial charge on any atom is -0.324 e. The fourth-order valence-electron chi connectivity index (χ4n) is 2.65. The molecule has 0 aliphatic heterocycles. The van der Waals surface area contributed by atoms with Crippen LogP contribution in [0.2, 0.25) is 5.02 Å². The molecule has 1 amide bonds. The third-order valence-corrected chi connectivity index (χ3v) is 5.27. The smallest absolute Gasteiger partial charge is 0.248 e. The number of halogens is 2. The van der Waals surface area contributed by atoms with E-state index >= 15 is 0 Å². The highest BCUT2D eigenvalue weighted by molar-refractivity contribution is 7.92. The third kappa shape index (κ3) is 4.53.